The molecule has 0 spiro atoms. The lowest BCUT2D eigenvalue weighted by atomic mass is 9.86. The number of halogens is 3. The summed E-state index contributed by atoms with van der Waals surface area (Å²) in [5, 5.41) is 6.27. The molecule has 9 nitrogen and oxygen atoms in total. The Labute approximate surface area is 189 Å². The van der Waals surface area contributed by atoms with Crippen LogP contribution in [0.2, 0.25) is 0 Å². The Balaban J connectivity index is 1.41. The molecule has 2 aliphatic rings. The Morgan fingerprint density at radius 2 is 1.91 bits per heavy atom. The van der Waals surface area contributed by atoms with Gasteiger partial charge in [-0.2, -0.15) is 18.2 Å². The van der Waals surface area contributed by atoms with Gasteiger partial charge in [0.05, 0.1) is 18.1 Å². The third kappa shape index (κ3) is 4.38. The number of nitrogens with zero attached hydrogens (tertiary/aromatic N) is 6. The van der Waals surface area contributed by atoms with Gasteiger partial charge in [-0.1, -0.05) is 13.8 Å². The zero-order chi connectivity index (χ0) is 24.1. The maximum absolute atomic E-state index is 12.7. The summed E-state index contributed by atoms with van der Waals surface area (Å²) in [5.41, 5.74) is 0.295. The quantitative estimate of drug-likeness (QED) is 0.697. The van der Waals surface area contributed by atoms with E-state index in [-0.39, 0.29) is 30.0 Å². The lowest BCUT2D eigenvalue weighted by Gasteiger charge is -2.42. The molecule has 2 aromatic heterocycles. The number of amides is 1. The summed E-state index contributed by atoms with van der Waals surface area (Å²) in [7, 11) is 3.65. The largest absolute Gasteiger partial charge is 0.434 e. The van der Waals surface area contributed by atoms with Gasteiger partial charge in [0.2, 0.25) is 11.9 Å². The lowest BCUT2D eigenvalue weighted by molar-refractivity contribution is -0.141. The molecule has 178 valence electrons. The van der Waals surface area contributed by atoms with Crippen LogP contribution in [0.25, 0.3) is 0 Å². The maximum atomic E-state index is 12.7. The van der Waals surface area contributed by atoms with Crippen LogP contribution >= 0.6 is 0 Å². The van der Waals surface area contributed by atoms with Gasteiger partial charge in [-0.05, 0) is 25.7 Å². The predicted octanol–water partition coefficient (Wildman–Crippen LogP) is 3.09. The summed E-state index contributed by atoms with van der Waals surface area (Å²) < 4.78 is 38.1. The summed E-state index contributed by atoms with van der Waals surface area (Å²) in [4.78, 5) is 32.7. The van der Waals surface area contributed by atoms with Crippen LogP contribution in [-0.2, 0) is 11.0 Å². The molecule has 1 fully saturated rings. The molecular weight excluding hydrogens is 437 g/mol. The van der Waals surface area contributed by atoms with Crippen molar-refractivity contribution in [2.45, 2.75) is 57.9 Å². The van der Waals surface area contributed by atoms with E-state index in [9.17, 15) is 18.0 Å². The maximum Gasteiger partial charge on any atom is 0.434 e. The molecule has 4 rings (SSSR count). The number of fused-ring (bicyclic) bond motifs is 1. The van der Waals surface area contributed by atoms with Gasteiger partial charge >= 0.3 is 6.18 Å². The number of alkyl halides is 3. The van der Waals surface area contributed by atoms with Crippen molar-refractivity contribution in [3.05, 3.63) is 23.8 Å². The number of rotatable bonds is 5. The molecule has 12 heteroatoms. The second-order valence-corrected chi connectivity index (χ2v) is 8.96. The van der Waals surface area contributed by atoms with E-state index in [0.717, 1.165) is 25.2 Å². The fourth-order valence-electron chi connectivity index (χ4n) is 4.32. The van der Waals surface area contributed by atoms with Crippen LogP contribution in [0.1, 0.15) is 38.1 Å². The minimum Gasteiger partial charge on any atom is -0.355 e. The zero-order valence-electron chi connectivity index (χ0n) is 19.1. The summed E-state index contributed by atoms with van der Waals surface area (Å²) in [6.07, 6.45) is -1.10. The summed E-state index contributed by atoms with van der Waals surface area (Å²) in [5.74, 6) is 1.60. The van der Waals surface area contributed by atoms with Gasteiger partial charge in [-0.25, -0.2) is 15.0 Å². The molecule has 3 heterocycles. The number of anilines is 4. The first-order chi connectivity index (χ1) is 15.5. The van der Waals surface area contributed by atoms with E-state index in [1.165, 1.54) is 0 Å². The third-order valence-corrected chi connectivity index (χ3v) is 6.25. The number of carbonyl (C=O) groups excluding carboxylic acids is 1. The molecule has 0 aromatic carbocycles. The summed E-state index contributed by atoms with van der Waals surface area (Å²) >= 11 is 0. The van der Waals surface area contributed by atoms with Gasteiger partial charge in [0.25, 0.3) is 0 Å². The number of hydrogen-bond donors (Lipinski definition) is 2. The smallest absolute Gasteiger partial charge is 0.355 e. The summed E-state index contributed by atoms with van der Waals surface area (Å²) in [6, 6.07) is -0.0903. The highest BCUT2D eigenvalue weighted by atomic mass is 19.4. The van der Waals surface area contributed by atoms with Gasteiger partial charge in [-0.3, -0.25) is 4.79 Å². The Hall–Kier alpha value is -3.18. The van der Waals surface area contributed by atoms with E-state index >= 15 is 0 Å². The van der Waals surface area contributed by atoms with Crippen molar-refractivity contribution >= 4 is 29.2 Å². The molecule has 2 aromatic rings. The first-order valence-corrected chi connectivity index (χ1v) is 10.8. The average molecular weight is 464 g/mol. The first-order valence-electron chi connectivity index (χ1n) is 10.8. The summed E-state index contributed by atoms with van der Waals surface area (Å²) in [6.45, 7) is 5.81. The van der Waals surface area contributed by atoms with E-state index in [0.29, 0.717) is 29.0 Å². The topological polar surface area (TPSA) is 99.2 Å². The van der Waals surface area contributed by atoms with Crippen LogP contribution in [0.4, 0.5) is 36.4 Å². The van der Waals surface area contributed by atoms with E-state index in [4.69, 9.17) is 0 Å². The van der Waals surface area contributed by atoms with Crippen LogP contribution in [0.15, 0.2) is 12.4 Å². The predicted molar refractivity (Wildman–Crippen MR) is 118 cm³/mol. The Morgan fingerprint density at radius 3 is 2.48 bits per heavy atom. The van der Waals surface area contributed by atoms with Crippen LogP contribution in [0.5, 0.6) is 0 Å². The fraction of sp³-hybridized carbons (Fsp3) is 0.571. The normalized spacial score (nSPS) is 22.5. The Bertz CT molecular complexity index is 1040. The first kappa shape index (κ1) is 23.0. The van der Waals surface area contributed by atoms with Crippen molar-refractivity contribution in [2.24, 2.45) is 5.92 Å². The van der Waals surface area contributed by atoms with E-state index in [1.807, 2.05) is 37.6 Å². The number of aryl methyl sites for hydroxylation is 1. The monoisotopic (exact) mass is 464 g/mol. The number of carbonyl (C=O) groups is 1. The van der Waals surface area contributed by atoms with Crippen LogP contribution in [-0.4, -0.2) is 58.1 Å². The highest BCUT2D eigenvalue weighted by Gasteiger charge is 2.37. The van der Waals surface area contributed by atoms with Crippen molar-refractivity contribution in [1.29, 1.82) is 0 Å². The molecule has 1 aliphatic carbocycles. The second kappa shape index (κ2) is 8.31. The Kier molecular flexibility index (Phi) is 5.79. The van der Waals surface area contributed by atoms with E-state index in [1.54, 1.807) is 7.05 Å². The molecular formula is C21H27F3N8O. The fourth-order valence-corrected chi connectivity index (χ4v) is 4.32. The molecule has 1 atom stereocenters. The molecule has 2 N–H and O–H groups in total. The molecule has 0 radical (unpaired) electrons. The number of likely N-dealkylation sites (N-methyl/N-ethyl adjacent to an activating group) is 1. The van der Waals surface area contributed by atoms with E-state index < -0.39 is 11.9 Å². The second-order valence-electron chi connectivity index (χ2n) is 8.96. The highest BCUT2D eigenvalue weighted by Crippen LogP contribution is 2.36. The molecule has 1 amide bonds. The molecule has 1 aliphatic heterocycles. The van der Waals surface area contributed by atoms with Gasteiger partial charge in [0, 0.05) is 26.2 Å². The number of nitrogens with one attached hydrogen (secondary N) is 2. The highest BCUT2D eigenvalue weighted by molar-refractivity contribution is 6.03. The molecule has 33 heavy (non-hydrogen) atoms. The molecule has 0 bridgehead atoms. The number of hydrogen-bond acceptors (Lipinski definition) is 8. The Morgan fingerprint density at radius 1 is 1.21 bits per heavy atom. The number of aromatic nitrogens is 4. The molecule has 1 unspecified atom stereocenters. The van der Waals surface area contributed by atoms with Crippen molar-refractivity contribution in [3.63, 3.8) is 0 Å². The van der Waals surface area contributed by atoms with Crippen molar-refractivity contribution in [3.8, 4) is 0 Å². The SMILES string of the molecule is Cc1nc(NC2CC(N(C)c3cnc(C(F)(F)F)cn3)C2)nc2c1NC(=O)C(C(C)C)N2C. The van der Waals surface area contributed by atoms with Crippen molar-refractivity contribution in [2.75, 3.05) is 34.5 Å². The lowest BCUT2D eigenvalue weighted by Crippen LogP contribution is -2.50. The van der Waals surface area contributed by atoms with Crippen LogP contribution < -0.4 is 20.4 Å². The van der Waals surface area contributed by atoms with Crippen molar-refractivity contribution in [1.82, 2.24) is 19.9 Å². The van der Waals surface area contributed by atoms with Crippen molar-refractivity contribution < 1.29 is 18.0 Å². The zero-order valence-corrected chi connectivity index (χ0v) is 19.1. The average Bonchev–Trinajstić information content (AvgIpc) is 2.70. The minimum atomic E-state index is -4.51. The van der Waals surface area contributed by atoms with Crippen LogP contribution in [0, 0.1) is 12.8 Å². The van der Waals surface area contributed by atoms with E-state index in [2.05, 4.69) is 30.6 Å². The molecule has 0 saturated heterocycles. The molecule has 1 saturated carbocycles. The van der Waals surface area contributed by atoms with Gasteiger partial charge in [0.1, 0.15) is 17.5 Å². The standard InChI is InChI=1S/C21H27F3N8O/c1-10(2)17-19(33)29-16-11(3)27-20(30-18(16)32(17)5)28-12-6-13(7-12)31(4)15-9-25-14(8-26-15)21(22,23)24/h8-10,12-13,17H,6-7H2,1-5H3,(H,29,33)(H,27,28,30). The van der Waals surface area contributed by atoms with Gasteiger partial charge in [0.15, 0.2) is 11.5 Å². The van der Waals surface area contributed by atoms with Gasteiger partial charge in [-0.15, -0.1) is 0 Å². The minimum absolute atomic E-state index is 0.0661. The van der Waals surface area contributed by atoms with Gasteiger partial charge < -0.3 is 20.4 Å². The third-order valence-electron chi connectivity index (χ3n) is 6.25. The van der Waals surface area contributed by atoms with Crippen LogP contribution in [0.3, 0.4) is 0 Å².